The Morgan fingerprint density at radius 3 is 3.00 bits per heavy atom. The molecule has 0 aliphatic carbocycles. The highest BCUT2D eigenvalue weighted by molar-refractivity contribution is 5.89. The molecule has 1 fully saturated rings. The summed E-state index contributed by atoms with van der Waals surface area (Å²) in [7, 11) is 1.70. The SMILES string of the molecule is COc1cccc2c(C3(C)CCCO3)c[nH]c12. The Kier molecular flexibility index (Phi) is 2.37. The molecule has 0 bridgehead atoms. The van der Waals surface area contributed by atoms with Crippen LogP contribution in [0.3, 0.4) is 0 Å². The van der Waals surface area contributed by atoms with Crippen molar-refractivity contribution in [1.29, 1.82) is 0 Å². The number of nitrogens with one attached hydrogen (secondary N) is 1. The molecule has 0 spiro atoms. The molecular formula is C14H17NO2. The van der Waals surface area contributed by atoms with E-state index in [9.17, 15) is 0 Å². The number of methoxy groups -OCH3 is 1. The molecule has 1 aromatic heterocycles. The molecule has 3 nitrogen and oxygen atoms in total. The van der Waals surface area contributed by atoms with E-state index in [1.165, 1.54) is 10.9 Å². The molecule has 1 unspecified atom stereocenters. The van der Waals surface area contributed by atoms with E-state index >= 15 is 0 Å². The van der Waals surface area contributed by atoms with Crippen molar-refractivity contribution in [3.63, 3.8) is 0 Å². The molecule has 1 saturated heterocycles. The number of hydrogen-bond acceptors (Lipinski definition) is 2. The van der Waals surface area contributed by atoms with E-state index < -0.39 is 0 Å². The van der Waals surface area contributed by atoms with Crippen molar-refractivity contribution in [2.45, 2.75) is 25.4 Å². The van der Waals surface area contributed by atoms with Crippen LogP contribution in [-0.2, 0) is 10.3 Å². The Bertz CT molecular complexity index is 538. The lowest BCUT2D eigenvalue weighted by Crippen LogP contribution is -2.19. The minimum absolute atomic E-state index is 0.148. The maximum absolute atomic E-state index is 5.91. The van der Waals surface area contributed by atoms with Gasteiger partial charge in [-0.05, 0) is 25.8 Å². The smallest absolute Gasteiger partial charge is 0.142 e. The minimum atomic E-state index is -0.148. The monoisotopic (exact) mass is 231 g/mol. The molecule has 2 heterocycles. The molecule has 3 heteroatoms. The number of aromatic nitrogens is 1. The number of benzene rings is 1. The first kappa shape index (κ1) is 10.7. The second-order valence-electron chi connectivity index (χ2n) is 4.77. The fourth-order valence-electron chi connectivity index (χ4n) is 2.73. The summed E-state index contributed by atoms with van der Waals surface area (Å²) < 4.78 is 11.3. The van der Waals surface area contributed by atoms with Gasteiger partial charge < -0.3 is 14.5 Å². The largest absolute Gasteiger partial charge is 0.495 e. The lowest BCUT2D eigenvalue weighted by atomic mass is 9.92. The average molecular weight is 231 g/mol. The third kappa shape index (κ3) is 1.53. The first-order valence-corrected chi connectivity index (χ1v) is 6.03. The summed E-state index contributed by atoms with van der Waals surface area (Å²) in [4.78, 5) is 3.30. The molecule has 90 valence electrons. The molecule has 1 aliphatic rings. The van der Waals surface area contributed by atoms with Gasteiger partial charge in [0.1, 0.15) is 5.75 Å². The maximum atomic E-state index is 5.91. The van der Waals surface area contributed by atoms with Gasteiger partial charge in [-0.3, -0.25) is 0 Å². The quantitative estimate of drug-likeness (QED) is 0.861. The molecule has 3 rings (SSSR count). The van der Waals surface area contributed by atoms with E-state index in [1.807, 2.05) is 12.1 Å². The lowest BCUT2D eigenvalue weighted by Gasteiger charge is -2.22. The highest BCUT2D eigenvalue weighted by atomic mass is 16.5. The van der Waals surface area contributed by atoms with E-state index in [1.54, 1.807) is 7.11 Å². The molecule has 0 amide bonds. The normalized spacial score (nSPS) is 24.4. The number of H-pyrrole nitrogens is 1. The number of hydrogen-bond donors (Lipinski definition) is 1. The van der Waals surface area contributed by atoms with Crippen LogP contribution >= 0.6 is 0 Å². The molecule has 17 heavy (non-hydrogen) atoms. The third-order valence-electron chi connectivity index (χ3n) is 3.69. The highest BCUT2D eigenvalue weighted by Crippen LogP contribution is 2.40. The first-order valence-electron chi connectivity index (χ1n) is 6.03. The van der Waals surface area contributed by atoms with Gasteiger partial charge >= 0.3 is 0 Å². The molecule has 1 aromatic carbocycles. The van der Waals surface area contributed by atoms with E-state index in [-0.39, 0.29) is 5.60 Å². The summed E-state index contributed by atoms with van der Waals surface area (Å²) in [5.74, 6) is 0.885. The molecule has 2 aromatic rings. The van der Waals surface area contributed by atoms with Gasteiger partial charge in [0.2, 0.25) is 0 Å². The number of fused-ring (bicyclic) bond motifs is 1. The van der Waals surface area contributed by atoms with Crippen LogP contribution in [-0.4, -0.2) is 18.7 Å². The minimum Gasteiger partial charge on any atom is -0.495 e. The molecule has 0 radical (unpaired) electrons. The molecule has 1 aliphatic heterocycles. The van der Waals surface area contributed by atoms with Gasteiger partial charge in [0, 0.05) is 23.8 Å². The van der Waals surface area contributed by atoms with Crippen molar-refractivity contribution in [1.82, 2.24) is 4.98 Å². The van der Waals surface area contributed by atoms with Crippen LogP contribution in [0.1, 0.15) is 25.3 Å². The fraction of sp³-hybridized carbons (Fsp3) is 0.429. The Morgan fingerprint density at radius 2 is 2.29 bits per heavy atom. The summed E-state index contributed by atoms with van der Waals surface area (Å²) in [6.45, 7) is 3.02. The molecule has 1 atom stereocenters. The Balaban J connectivity index is 2.18. The van der Waals surface area contributed by atoms with Crippen LogP contribution in [0.5, 0.6) is 5.75 Å². The van der Waals surface area contributed by atoms with Crippen molar-refractivity contribution in [3.05, 3.63) is 30.0 Å². The van der Waals surface area contributed by atoms with E-state index in [0.29, 0.717) is 0 Å². The van der Waals surface area contributed by atoms with E-state index in [2.05, 4.69) is 24.2 Å². The van der Waals surface area contributed by atoms with Crippen LogP contribution in [0, 0.1) is 0 Å². The molecule has 0 saturated carbocycles. The zero-order valence-electron chi connectivity index (χ0n) is 10.2. The number of aromatic amines is 1. The number of rotatable bonds is 2. The summed E-state index contributed by atoms with van der Waals surface area (Å²) in [5, 5.41) is 1.20. The second-order valence-corrected chi connectivity index (χ2v) is 4.77. The van der Waals surface area contributed by atoms with Gasteiger partial charge in [-0.15, -0.1) is 0 Å². The van der Waals surface area contributed by atoms with Crippen molar-refractivity contribution in [3.8, 4) is 5.75 Å². The van der Waals surface area contributed by atoms with Crippen molar-refractivity contribution >= 4 is 10.9 Å². The third-order valence-corrected chi connectivity index (χ3v) is 3.69. The van der Waals surface area contributed by atoms with Gasteiger partial charge in [-0.1, -0.05) is 12.1 Å². The fourth-order valence-corrected chi connectivity index (χ4v) is 2.73. The van der Waals surface area contributed by atoms with E-state index in [0.717, 1.165) is 30.7 Å². The topological polar surface area (TPSA) is 34.2 Å². The zero-order chi connectivity index (χ0) is 11.9. The number of ether oxygens (including phenoxy) is 2. The second kappa shape index (κ2) is 3.77. The zero-order valence-corrected chi connectivity index (χ0v) is 10.2. The predicted octanol–water partition coefficient (Wildman–Crippen LogP) is 3.20. The van der Waals surface area contributed by atoms with Gasteiger partial charge in [0.15, 0.2) is 0 Å². The Labute approximate surface area is 101 Å². The van der Waals surface area contributed by atoms with Gasteiger partial charge in [0.05, 0.1) is 18.2 Å². The van der Waals surface area contributed by atoms with Gasteiger partial charge in [0.25, 0.3) is 0 Å². The highest BCUT2D eigenvalue weighted by Gasteiger charge is 2.34. The predicted molar refractivity (Wildman–Crippen MR) is 67.4 cm³/mol. The molecule has 1 N–H and O–H groups in total. The van der Waals surface area contributed by atoms with Gasteiger partial charge in [-0.25, -0.2) is 0 Å². The van der Waals surface area contributed by atoms with Crippen LogP contribution in [0.2, 0.25) is 0 Å². The first-order chi connectivity index (χ1) is 8.24. The lowest BCUT2D eigenvalue weighted by molar-refractivity contribution is 0.0181. The average Bonchev–Trinajstić information content (AvgIpc) is 2.95. The van der Waals surface area contributed by atoms with Crippen LogP contribution in [0.15, 0.2) is 24.4 Å². The Hall–Kier alpha value is -1.48. The summed E-state index contributed by atoms with van der Waals surface area (Å²) in [6, 6.07) is 6.12. The van der Waals surface area contributed by atoms with Crippen LogP contribution in [0.25, 0.3) is 10.9 Å². The van der Waals surface area contributed by atoms with Crippen molar-refractivity contribution < 1.29 is 9.47 Å². The van der Waals surface area contributed by atoms with Crippen molar-refractivity contribution in [2.75, 3.05) is 13.7 Å². The maximum Gasteiger partial charge on any atom is 0.142 e. The summed E-state index contributed by atoms with van der Waals surface area (Å²) >= 11 is 0. The Morgan fingerprint density at radius 1 is 1.41 bits per heavy atom. The van der Waals surface area contributed by atoms with Crippen LogP contribution < -0.4 is 4.74 Å². The summed E-state index contributed by atoms with van der Waals surface area (Å²) in [6.07, 6.45) is 4.27. The van der Waals surface area contributed by atoms with E-state index in [4.69, 9.17) is 9.47 Å². The standard InChI is InChI=1S/C14H17NO2/c1-14(7-4-8-17-14)11-9-15-13-10(11)5-3-6-12(13)16-2/h3,5-6,9,15H,4,7-8H2,1-2H3. The number of para-hydroxylation sites is 1. The van der Waals surface area contributed by atoms with Gasteiger partial charge in [-0.2, -0.15) is 0 Å². The van der Waals surface area contributed by atoms with Crippen molar-refractivity contribution in [2.24, 2.45) is 0 Å². The van der Waals surface area contributed by atoms with Crippen LogP contribution in [0.4, 0.5) is 0 Å². The summed E-state index contributed by atoms with van der Waals surface area (Å²) in [5.41, 5.74) is 2.15. The molecular weight excluding hydrogens is 214 g/mol.